The molecule has 70 valence electrons. The molecule has 0 spiro atoms. The number of hydrogen-bond donors (Lipinski definition) is 3. The zero-order valence-corrected chi connectivity index (χ0v) is 6.47. The van der Waals surface area contributed by atoms with Crippen LogP contribution in [-0.2, 0) is 0 Å². The van der Waals surface area contributed by atoms with Crippen molar-refractivity contribution in [3.8, 4) is 5.75 Å². The molecular formula is C6H7N3O4. The van der Waals surface area contributed by atoms with Gasteiger partial charge in [-0.2, -0.15) is 5.10 Å². The van der Waals surface area contributed by atoms with Crippen molar-refractivity contribution in [2.75, 3.05) is 6.54 Å². The Labute approximate surface area is 72.4 Å². The van der Waals surface area contributed by atoms with Crippen LogP contribution in [0.2, 0.25) is 0 Å². The highest BCUT2D eigenvalue weighted by Gasteiger charge is 2.17. The molecule has 1 aromatic rings. The molecule has 0 atom stereocenters. The van der Waals surface area contributed by atoms with Crippen molar-refractivity contribution < 1.29 is 19.8 Å². The van der Waals surface area contributed by atoms with Crippen LogP contribution in [0, 0.1) is 0 Å². The van der Waals surface area contributed by atoms with Gasteiger partial charge in [-0.3, -0.25) is 4.79 Å². The quantitative estimate of drug-likeness (QED) is 0.537. The minimum atomic E-state index is -1.40. The first kappa shape index (κ1) is 9.20. The average Bonchev–Trinajstić information content (AvgIpc) is 2.46. The minimum absolute atomic E-state index is 0.305. The van der Waals surface area contributed by atoms with Gasteiger partial charge in [-0.05, 0) is 0 Å². The van der Waals surface area contributed by atoms with E-state index in [1.54, 1.807) is 0 Å². The number of hydrogen-bond acceptors (Lipinski definition) is 5. The lowest BCUT2D eigenvalue weighted by Gasteiger charge is -1.92. The van der Waals surface area contributed by atoms with Crippen LogP contribution in [0.4, 0.5) is 0 Å². The molecule has 0 aliphatic carbocycles. The van der Waals surface area contributed by atoms with Crippen molar-refractivity contribution in [3.63, 3.8) is 0 Å². The van der Waals surface area contributed by atoms with E-state index in [9.17, 15) is 9.59 Å². The first-order valence-corrected chi connectivity index (χ1v) is 3.31. The molecule has 0 unspecified atom stereocenters. The maximum absolute atomic E-state index is 10.9. The summed E-state index contributed by atoms with van der Waals surface area (Å²) in [6.07, 6.45) is 0.901. The molecule has 0 amide bonds. The Morgan fingerprint density at radius 2 is 2.23 bits per heavy atom. The van der Waals surface area contributed by atoms with Gasteiger partial charge in [-0.1, -0.05) is 0 Å². The number of nitrogens with zero attached hydrogens (tertiary/aromatic N) is 2. The fourth-order valence-corrected chi connectivity index (χ4v) is 0.738. The molecule has 0 radical (unpaired) electrons. The molecule has 0 bridgehead atoms. The van der Waals surface area contributed by atoms with Gasteiger partial charge in [0, 0.05) is 0 Å². The van der Waals surface area contributed by atoms with E-state index in [1.807, 2.05) is 0 Å². The van der Waals surface area contributed by atoms with Crippen molar-refractivity contribution in [1.29, 1.82) is 0 Å². The van der Waals surface area contributed by atoms with E-state index in [4.69, 9.17) is 15.9 Å². The van der Waals surface area contributed by atoms with Crippen LogP contribution >= 0.6 is 0 Å². The van der Waals surface area contributed by atoms with Gasteiger partial charge in [0.25, 0.3) is 5.91 Å². The first-order valence-electron chi connectivity index (χ1n) is 3.31. The fourth-order valence-electron chi connectivity index (χ4n) is 0.738. The Morgan fingerprint density at radius 1 is 1.62 bits per heavy atom. The lowest BCUT2D eigenvalue weighted by atomic mass is 10.4. The van der Waals surface area contributed by atoms with E-state index in [0.717, 1.165) is 6.20 Å². The summed E-state index contributed by atoms with van der Waals surface area (Å²) in [7, 11) is 0. The third-order valence-electron chi connectivity index (χ3n) is 1.33. The zero-order valence-electron chi connectivity index (χ0n) is 6.47. The van der Waals surface area contributed by atoms with Crippen molar-refractivity contribution in [3.05, 3.63) is 11.9 Å². The van der Waals surface area contributed by atoms with Gasteiger partial charge in [-0.25, -0.2) is 9.48 Å². The third kappa shape index (κ3) is 1.64. The number of rotatable bonds is 2. The first-order chi connectivity index (χ1) is 6.06. The molecule has 1 aromatic heterocycles. The monoisotopic (exact) mass is 185 g/mol. The second-order valence-electron chi connectivity index (χ2n) is 2.21. The predicted molar refractivity (Wildman–Crippen MR) is 40.5 cm³/mol. The third-order valence-corrected chi connectivity index (χ3v) is 1.33. The fraction of sp³-hybridized carbons (Fsp3) is 0.167. The van der Waals surface area contributed by atoms with Crippen LogP contribution in [0.1, 0.15) is 15.3 Å². The molecule has 1 rings (SSSR count). The van der Waals surface area contributed by atoms with Gasteiger partial charge in [-0.15, -0.1) is 0 Å². The molecule has 1 heterocycles. The SMILES string of the molecule is NCC(=O)n1cc(O)c(C(=O)O)n1. The molecule has 7 heteroatoms. The molecule has 0 saturated heterocycles. The van der Waals surface area contributed by atoms with E-state index in [0.29, 0.717) is 4.68 Å². The van der Waals surface area contributed by atoms with Gasteiger partial charge >= 0.3 is 5.97 Å². The van der Waals surface area contributed by atoms with Crippen molar-refractivity contribution >= 4 is 11.9 Å². The van der Waals surface area contributed by atoms with Crippen LogP contribution < -0.4 is 5.73 Å². The standard InChI is InChI=1S/C6H7N3O4/c7-1-4(11)9-2-3(10)5(8-9)6(12)13/h2,10H,1,7H2,(H,12,13). The Kier molecular flexibility index (Phi) is 2.29. The van der Waals surface area contributed by atoms with Gasteiger partial charge in [0.05, 0.1) is 12.7 Å². The number of carboxylic acids is 1. The maximum atomic E-state index is 10.9. The van der Waals surface area contributed by atoms with Gasteiger partial charge < -0.3 is 15.9 Å². The van der Waals surface area contributed by atoms with E-state index < -0.39 is 23.3 Å². The molecule has 0 aliphatic heterocycles. The summed E-state index contributed by atoms with van der Waals surface area (Å²) >= 11 is 0. The molecule has 0 aliphatic rings. The normalized spacial score (nSPS) is 9.92. The highest BCUT2D eigenvalue weighted by molar-refractivity contribution is 5.89. The summed E-state index contributed by atoms with van der Waals surface area (Å²) in [5.74, 6) is -2.56. The van der Waals surface area contributed by atoms with Crippen LogP contribution in [0.15, 0.2) is 6.20 Å². The summed E-state index contributed by atoms with van der Waals surface area (Å²) in [5, 5.41) is 20.8. The number of carbonyl (C=O) groups is 2. The second kappa shape index (κ2) is 3.23. The number of carboxylic acid groups (broad SMARTS) is 1. The average molecular weight is 185 g/mol. The van der Waals surface area contributed by atoms with Crippen LogP contribution in [0.5, 0.6) is 5.75 Å². The zero-order chi connectivity index (χ0) is 10.0. The summed E-state index contributed by atoms with van der Waals surface area (Å²) < 4.78 is 0.693. The molecule has 0 saturated carbocycles. The Morgan fingerprint density at radius 3 is 2.62 bits per heavy atom. The largest absolute Gasteiger partial charge is 0.504 e. The molecule has 13 heavy (non-hydrogen) atoms. The van der Waals surface area contributed by atoms with E-state index in [1.165, 1.54) is 0 Å². The highest BCUT2D eigenvalue weighted by Crippen LogP contribution is 2.13. The highest BCUT2D eigenvalue weighted by atomic mass is 16.4. The minimum Gasteiger partial charge on any atom is -0.504 e. The van der Waals surface area contributed by atoms with Gasteiger partial charge in [0.1, 0.15) is 0 Å². The van der Waals surface area contributed by atoms with Crippen LogP contribution in [-0.4, -0.2) is 38.4 Å². The summed E-state index contributed by atoms with van der Waals surface area (Å²) in [4.78, 5) is 21.2. The Hall–Kier alpha value is -1.89. The van der Waals surface area contributed by atoms with E-state index >= 15 is 0 Å². The number of aromatic carboxylic acids is 1. The lowest BCUT2D eigenvalue weighted by molar-refractivity contribution is 0.0686. The number of aromatic nitrogens is 2. The number of carbonyl (C=O) groups excluding carboxylic acids is 1. The molecule has 7 nitrogen and oxygen atoms in total. The van der Waals surface area contributed by atoms with Crippen LogP contribution in [0.25, 0.3) is 0 Å². The number of nitrogens with two attached hydrogens (primary N) is 1. The van der Waals surface area contributed by atoms with Crippen molar-refractivity contribution in [2.24, 2.45) is 5.73 Å². The van der Waals surface area contributed by atoms with Crippen LogP contribution in [0.3, 0.4) is 0 Å². The molecule has 4 N–H and O–H groups in total. The second-order valence-corrected chi connectivity index (χ2v) is 2.21. The summed E-state index contributed by atoms with van der Waals surface area (Å²) in [6.45, 7) is -0.305. The molecule has 0 fully saturated rings. The summed E-state index contributed by atoms with van der Waals surface area (Å²) in [5.41, 5.74) is 4.43. The van der Waals surface area contributed by atoms with Crippen molar-refractivity contribution in [1.82, 2.24) is 9.78 Å². The molecular weight excluding hydrogens is 178 g/mol. The Bertz CT molecular complexity index is 357. The van der Waals surface area contributed by atoms with Gasteiger partial charge in [0.15, 0.2) is 5.75 Å². The smallest absolute Gasteiger partial charge is 0.360 e. The molecule has 0 aromatic carbocycles. The maximum Gasteiger partial charge on any atom is 0.360 e. The van der Waals surface area contributed by atoms with Crippen molar-refractivity contribution in [2.45, 2.75) is 0 Å². The summed E-state index contributed by atoms with van der Waals surface area (Å²) in [6, 6.07) is 0. The lowest BCUT2D eigenvalue weighted by Crippen LogP contribution is -2.21. The van der Waals surface area contributed by atoms with E-state index in [2.05, 4.69) is 5.10 Å². The predicted octanol–water partition coefficient (Wildman–Crippen LogP) is -1.11. The number of aromatic hydroxyl groups is 1. The topological polar surface area (TPSA) is 118 Å². The van der Waals surface area contributed by atoms with E-state index in [-0.39, 0.29) is 6.54 Å². The Balaban J connectivity index is 3.09. The van der Waals surface area contributed by atoms with Gasteiger partial charge in [0.2, 0.25) is 5.69 Å².